The minimum Gasteiger partial charge on any atom is -0.497 e. The van der Waals surface area contributed by atoms with E-state index in [2.05, 4.69) is 0 Å². The average molecular weight is 334 g/mol. The fraction of sp³-hybridized carbons (Fsp3) is 0.190. The molecule has 2 aromatic heterocycles. The first-order valence-electron chi connectivity index (χ1n) is 8.10. The van der Waals surface area contributed by atoms with E-state index in [4.69, 9.17) is 13.6 Å². The first-order valence-corrected chi connectivity index (χ1v) is 8.10. The Morgan fingerprint density at radius 3 is 2.28 bits per heavy atom. The Kier molecular flexibility index (Phi) is 3.42. The van der Waals surface area contributed by atoms with Crippen molar-refractivity contribution in [2.24, 2.45) is 0 Å². The fourth-order valence-electron chi connectivity index (χ4n) is 3.24. The van der Waals surface area contributed by atoms with Gasteiger partial charge >= 0.3 is 5.63 Å². The van der Waals surface area contributed by atoms with Crippen molar-refractivity contribution in [1.82, 2.24) is 0 Å². The maximum absolute atomic E-state index is 12.0. The number of hydrogen-bond donors (Lipinski definition) is 0. The van der Waals surface area contributed by atoms with Crippen LogP contribution >= 0.6 is 0 Å². The minimum atomic E-state index is -0.297. The van der Waals surface area contributed by atoms with Crippen LogP contribution in [0.1, 0.15) is 16.7 Å². The zero-order valence-electron chi connectivity index (χ0n) is 14.6. The largest absolute Gasteiger partial charge is 0.497 e. The van der Waals surface area contributed by atoms with Crippen molar-refractivity contribution in [3.63, 3.8) is 0 Å². The van der Waals surface area contributed by atoms with Gasteiger partial charge in [-0.15, -0.1) is 0 Å². The summed E-state index contributed by atoms with van der Waals surface area (Å²) in [6.45, 7) is 5.66. The highest BCUT2D eigenvalue weighted by Gasteiger charge is 2.17. The molecule has 0 aliphatic carbocycles. The summed E-state index contributed by atoms with van der Waals surface area (Å²) >= 11 is 0. The lowest BCUT2D eigenvalue weighted by Crippen LogP contribution is -2.06. The summed E-state index contributed by atoms with van der Waals surface area (Å²) in [4.78, 5) is 12.0. The predicted octanol–water partition coefficient (Wildman–Crippen LogP) is 5.14. The highest BCUT2D eigenvalue weighted by molar-refractivity contribution is 6.04. The second kappa shape index (κ2) is 5.52. The molecule has 0 radical (unpaired) electrons. The van der Waals surface area contributed by atoms with E-state index in [1.165, 1.54) is 0 Å². The van der Waals surface area contributed by atoms with Crippen LogP contribution in [0.15, 0.2) is 50.2 Å². The summed E-state index contributed by atoms with van der Waals surface area (Å²) in [5.74, 6) is 0.812. The molecule has 0 aliphatic heterocycles. The molecule has 0 atom stereocenters. The van der Waals surface area contributed by atoms with Crippen LogP contribution in [-0.4, -0.2) is 7.11 Å². The number of aryl methyl sites for hydroxylation is 2. The zero-order chi connectivity index (χ0) is 17.7. The molecule has 2 aromatic carbocycles. The lowest BCUT2D eigenvalue weighted by molar-refractivity contribution is 0.415. The van der Waals surface area contributed by atoms with Crippen molar-refractivity contribution in [3.05, 3.63) is 63.7 Å². The van der Waals surface area contributed by atoms with Crippen LogP contribution in [0.3, 0.4) is 0 Å². The summed E-state index contributed by atoms with van der Waals surface area (Å²) in [6, 6.07) is 9.91. The summed E-state index contributed by atoms with van der Waals surface area (Å²) < 4.78 is 16.6. The molecule has 126 valence electrons. The summed E-state index contributed by atoms with van der Waals surface area (Å²) in [7, 11) is 1.65. The molecule has 0 bridgehead atoms. The van der Waals surface area contributed by atoms with E-state index in [1.54, 1.807) is 20.3 Å². The van der Waals surface area contributed by atoms with E-state index < -0.39 is 0 Å². The second-order valence-corrected chi connectivity index (χ2v) is 6.27. The Labute approximate surface area is 144 Å². The van der Waals surface area contributed by atoms with E-state index >= 15 is 0 Å². The monoisotopic (exact) mass is 334 g/mol. The van der Waals surface area contributed by atoms with Gasteiger partial charge in [0.15, 0.2) is 0 Å². The van der Waals surface area contributed by atoms with Gasteiger partial charge in [-0.1, -0.05) is 12.1 Å². The second-order valence-electron chi connectivity index (χ2n) is 6.27. The van der Waals surface area contributed by atoms with Gasteiger partial charge in [0, 0.05) is 27.5 Å². The van der Waals surface area contributed by atoms with Crippen molar-refractivity contribution < 1.29 is 13.6 Å². The quantitative estimate of drug-likeness (QED) is 0.476. The van der Waals surface area contributed by atoms with E-state index in [0.717, 1.165) is 44.4 Å². The van der Waals surface area contributed by atoms with Gasteiger partial charge in [0.2, 0.25) is 0 Å². The van der Waals surface area contributed by atoms with Crippen LogP contribution in [0.4, 0.5) is 0 Å². The van der Waals surface area contributed by atoms with Gasteiger partial charge in [-0.25, -0.2) is 4.79 Å². The SMILES string of the molecule is COc1ccc(-c2coc3c(C)c4oc(=O)c(C)c(C)c4cc23)cc1. The van der Waals surface area contributed by atoms with Gasteiger partial charge in [0.25, 0.3) is 0 Å². The third-order valence-electron chi connectivity index (χ3n) is 4.91. The molecule has 0 saturated heterocycles. The van der Waals surface area contributed by atoms with Gasteiger partial charge in [-0.2, -0.15) is 0 Å². The molecule has 0 amide bonds. The molecular weight excluding hydrogens is 316 g/mol. The van der Waals surface area contributed by atoms with Gasteiger partial charge in [0.1, 0.15) is 16.9 Å². The fourth-order valence-corrected chi connectivity index (χ4v) is 3.24. The molecule has 25 heavy (non-hydrogen) atoms. The van der Waals surface area contributed by atoms with Gasteiger partial charge < -0.3 is 13.6 Å². The molecule has 4 nitrogen and oxygen atoms in total. The maximum atomic E-state index is 12.0. The van der Waals surface area contributed by atoms with E-state index in [9.17, 15) is 4.79 Å². The van der Waals surface area contributed by atoms with Crippen LogP contribution in [-0.2, 0) is 0 Å². The number of ether oxygens (including phenoxy) is 1. The molecule has 0 spiro atoms. The molecular formula is C21H18O4. The van der Waals surface area contributed by atoms with Crippen LogP contribution in [0.25, 0.3) is 33.1 Å². The van der Waals surface area contributed by atoms with Crippen molar-refractivity contribution >= 4 is 21.9 Å². The Morgan fingerprint density at radius 1 is 0.880 bits per heavy atom. The summed E-state index contributed by atoms with van der Waals surface area (Å²) in [5.41, 5.74) is 5.51. The van der Waals surface area contributed by atoms with Gasteiger partial charge in [-0.3, -0.25) is 0 Å². The molecule has 2 heterocycles. The molecule has 0 saturated carbocycles. The van der Waals surface area contributed by atoms with Crippen molar-refractivity contribution in [2.45, 2.75) is 20.8 Å². The van der Waals surface area contributed by atoms with Crippen molar-refractivity contribution in [2.75, 3.05) is 7.11 Å². The number of hydrogen-bond acceptors (Lipinski definition) is 4. The molecule has 4 aromatic rings. The molecule has 0 N–H and O–H groups in total. The first-order chi connectivity index (χ1) is 12.0. The van der Waals surface area contributed by atoms with Crippen molar-refractivity contribution in [1.29, 1.82) is 0 Å². The van der Waals surface area contributed by atoms with Gasteiger partial charge in [0.05, 0.1) is 13.4 Å². The topological polar surface area (TPSA) is 52.6 Å². The highest BCUT2D eigenvalue weighted by atomic mass is 16.5. The maximum Gasteiger partial charge on any atom is 0.339 e. The smallest absolute Gasteiger partial charge is 0.339 e. The van der Waals surface area contributed by atoms with Crippen molar-refractivity contribution in [3.8, 4) is 16.9 Å². The first kappa shape index (κ1) is 15.5. The molecule has 0 unspecified atom stereocenters. The zero-order valence-corrected chi connectivity index (χ0v) is 14.6. The number of rotatable bonds is 2. The highest BCUT2D eigenvalue weighted by Crippen LogP contribution is 2.37. The van der Waals surface area contributed by atoms with Crippen LogP contribution < -0.4 is 10.4 Å². The van der Waals surface area contributed by atoms with E-state index in [-0.39, 0.29) is 5.63 Å². The van der Waals surface area contributed by atoms with Gasteiger partial charge in [-0.05, 0) is 50.1 Å². The molecule has 4 rings (SSSR count). The molecule has 0 aliphatic rings. The Bertz CT molecular complexity index is 1160. The Hall–Kier alpha value is -3.01. The minimum absolute atomic E-state index is 0.297. The van der Waals surface area contributed by atoms with Crippen LogP contribution in [0, 0.1) is 20.8 Å². The number of methoxy groups -OCH3 is 1. The standard InChI is InChI=1S/C21H18O4/c1-11-12(2)21(22)25-20-13(3)19-17(9-16(11)20)18(10-24-19)14-5-7-15(23-4)8-6-14/h5-10H,1-4H3. The van der Waals surface area contributed by atoms with Crippen LogP contribution in [0.5, 0.6) is 5.75 Å². The van der Waals surface area contributed by atoms with E-state index in [0.29, 0.717) is 11.1 Å². The third-order valence-corrected chi connectivity index (χ3v) is 4.91. The average Bonchev–Trinajstić information content (AvgIpc) is 3.05. The lowest BCUT2D eigenvalue weighted by Gasteiger charge is -2.08. The number of fused-ring (bicyclic) bond motifs is 2. The molecule has 0 fully saturated rings. The Morgan fingerprint density at radius 2 is 1.60 bits per heavy atom. The normalized spacial score (nSPS) is 11.4. The Balaban J connectivity index is 2.05. The predicted molar refractivity (Wildman–Crippen MR) is 98.5 cm³/mol. The summed E-state index contributed by atoms with van der Waals surface area (Å²) in [6.07, 6.45) is 1.75. The molecule has 4 heteroatoms. The number of furan rings is 1. The summed E-state index contributed by atoms with van der Waals surface area (Å²) in [5, 5.41) is 1.95. The third kappa shape index (κ3) is 2.25. The number of benzene rings is 2. The van der Waals surface area contributed by atoms with E-state index in [1.807, 2.05) is 44.2 Å². The lowest BCUT2D eigenvalue weighted by atomic mass is 9.98. The van der Waals surface area contributed by atoms with Crippen LogP contribution in [0.2, 0.25) is 0 Å².